The van der Waals surface area contributed by atoms with Crippen LogP contribution in [-0.2, 0) is 9.53 Å². The van der Waals surface area contributed by atoms with Crippen LogP contribution in [0.5, 0.6) is 0 Å². The molecule has 2 aliphatic rings. The van der Waals surface area contributed by atoms with Crippen LogP contribution in [0, 0.1) is 6.92 Å². The number of halogens is 1. The first-order chi connectivity index (χ1) is 11.9. The Balaban J connectivity index is 1.78. The van der Waals surface area contributed by atoms with E-state index in [4.69, 9.17) is 16.3 Å². The van der Waals surface area contributed by atoms with E-state index in [-0.39, 0.29) is 5.78 Å². The van der Waals surface area contributed by atoms with Crippen molar-refractivity contribution < 1.29 is 14.6 Å². The summed E-state index contributed by atoms with van der Waals surface area (Å²) in [5.41, 5.74) is 3.33. The third kappa shape index (κ3) is 2.71. The van der Waals surface area contributed by atoms with Crippen molar-refractivity contribution in [3.8, 4) is 11.1 Å². The summed E-state index contributed by atoms with van der Waals surface area (Å²) in [6, 6.07) is 13.7. The number of aliphatic hydroxyl groups is 1. The minimum absolute atomic E-state index is 0.00108. The summed E-state index contributed by atoms with van der Waals surface area (Å²) >= 11 is 5.98. The molecule has 0 aliphatic carbocycles. The summed E-state index contributed by atoms with van der Waals surface area (Å²) in [5, 5.41) is 11.6. The van der Waals surface area contributed by atoms with Gasteiger partial charge in [0.1, 0.15) is 6.10 Å². The van der Waals surface area contributed by atoms with Gasteiger partial charge < -0.3 is 9.84 Å². The van der Waals surface area contributed by atoms with Crippen LogP contribution in [0.15, 0.2) is 42.5 Å². The molecule has 2 aliphatic heterocycles. The van der Waals surface area contributed by atoms with E-state index in [1.807, 2.05) is 56.3 Å². The monoisotopic (exact) mass is 356 g/mol. The van der Waals surface area contributed by atoms with Crippen molar-refractivity contribution in [2.45, 2.75) is 50.4 Å². The number of ether oxygens (including phenoxy) is 1. The largest absolute Gasteiger partial charge is 0.389 e. The fourth-order valence-corrected chi connectivity index (χ4v) is 4.23. The zero-order chi connectivity index (χ0) is 17.8. The number of hydrogen-bond acceptors (Lipinski definition) is 3. The Morgan fingerprint density at radius 3 is 2.56 bits per heavy atom. The van der Waals surface area contributed by atoms with E-state index in [9.17, 15) is 9.90 Å². The Kier molecular flexibility index (Phi) is 3.99. The zero-order valence-corrected chi connectivity index (χ0v) is 15.1. The molecule has 1 N–H and O–H groups in total. The molecule has 2 bridgehead atoms. The maximum atomic E-state index is 12.9. The van der Waals surface area contributed by atoms with E-state index < -0.39 is 23.7 Å². The van der Waals surface area contributed by atoms with E-state index >= 15 is 0 Å². The minimum Gasteiger partial charge on any atom is -0.389 e. The second kappa shape index (κ2) is 5.94. The summed E-state index contributed by atoms with van der Waals surface area (Å²) in [7, 11) is 0. The van der Waals surface area contributed by atoms with Crippen LogP contribution < -0.4 is 0 Å². The maximum Gasteiger partial charge on any atom is 0.171 e. The third-order valence-electron chi connectivity index (χ3n) is 5.67. The molecule has 4 rings (SSSR count). The minimum atomic E-state index is -0.821. The molecule has 130 valence electrons. The molecule has 0 amide bonds. The van der Waals surface area contributed by atoms with Crippen LogP contribution in [0.2, 0.25) is 5.02 Å². The van der Waals surface area contributed by atoms with E-state index in [2.05, 4.69) is 0 Å². The van der Waals surface area contributed by atoms with Crippen LogP contribution >= 0.6 is 11.6 Å². The van der Waals surface area contributed by atoms with Crippen molar-refractivity contribution in [1.82, 2.24) is 0 Å². The van der Waals surface area contributed by atoms with E-state index in [1.54, 1.807) is 0 Å². The topological polar surface area (TPSA) is 46.5 Å². The predicted molar refractivity (Wildman–Crippen MR) is 97.9 cm³/mol. The lowest BCUT2D eigenvalue weighted by molar-refractivity contribution is -0.170. The molecule has 0 spiro atoms. The molecule has 2 heterocycles. The summed E-state index contributed by atoms with van der Waals surface area (Å²) < 4.78 is 5.81. The molecule has 2 aromatic carbocycles. The number of carbonyl (C=O) groups is 1. The normalized spacial score (nSPS) is 31.4. The fourth-order valence-electron chi connectivity index (χ4n) is 4.11. The maximum absolute atomic E-state index is 12.9. The fraction of sp³-hybridized carbons (Fsp3) is 0.381. The Hall–Kier alpha value is -1.68. The molecule has 2 unspecified atom stereocenters. The lowest BCUT2D eigenvalue weighted by Crippen LogP contribution is -2.52. The van der Waals surface area contributed by atoms with Crippen LogP contribution in [0.3, 0.4) is 0 Å². The number of benzene rings is 2. The Labute approximate surface area is 152 Å². The van der Waals surface area contributed by atoms with Gasteiger partial charge in [-0.25, -0.2) is 0 Å². The van der Waals surface area contributed by atoms with Gasteiger partial charge in [0.05, 0.1) is 17.6 Å². The van der Waals surface area contributed by atoms with E-state index in [1.165, 1.54) is 0 Å². The number of fused-ring (bicyclic) bond motifs is 2. The molecule has 0 saturated carbocycles. The van der Waals surface area contributed by atoms with Gasteiger partial charge in [-0.2, -0.15) is 0 Å². The van der Waals surface area contributed by atoms with Gasteiger partial charge >= 0.3 is 0 Å². The van der Waals surface area contributed by atoms with Gasteiger partial charge in [-0.1, -0.05) is 41.9 Å². The van der Waals surface area contributed by atoms with Gasteiger partial charge in [-0.05, 0) is 61.1 Å². The van der Waals surface area contributed by atoms with Gasteiger partial charge in [0.25, 0.3) is 0 Å². The number of aryl methyl sites for hydroxylation is 1. The van der Waals surface area contributed by atoms with Crippen LogP contribution in [0.25, 0.3) is 11.1 Å². The smallest absolute Gasteiger partial charge is 0.171 e. The predicted octanol–water partition coefficient (Wildman–Crippen LogP) is 4.28. The first-order valence-electron chi connectivity index (χ1n) is 8.65. The second-order valence-electron chi connectivity index (χ2n) is 7.36. The van der Waals surface area contributed by atoms with Gasteiger partial charge in [-0.15, -0.1) is 0 Å². The molecule has 2 aromatic rings. The molecule has 0 aromatic heterocycles. The van der Waals surface area contributed by atoms with Crippen molar-refractivity contribution in [1.29, 1.82) is 0 Å². The molecule has 25 heavy (non-hydrogen) atoms. The summed E-state index contributed by atoms with van der Waals surface area (Å²) in [5.74, 6) is -0.530. The number of rotatable bonds is 2. The number of hydrogen-bond donors (Lipinski definition) is 1. The summed E-state index contributed by atoms with van der Waals surface area (Å²) in [4.78, 5) is 12.9. The lowest BCUT2D eigenvalue weighted by atomic mass is 9.78. The van der Waals surface area contributed by atoms with Crippen molar-refractivity contribution in [2.75, 3.05) is 0 Å². The quantitative estimate of drug-likeness (QED) is 0.873. The molecule has 3 nitrogen and oxygen atoms in total. The number of ketones is 1. The molecule has 2 saturated heterocycles. The highest BCUT2D eigenvalue weighted by molar-refractivity contribution is 6.30. The zero-order valence-electron chi connectivity index (χ0n) is 14.3. The van der Waals surface area contributed by atoms with E-state index in [0.717, 1.165) is 28.7 Å². The molecule has 4 heteroatoms. The molecule has 2 fully saturated rings. The van der Waals surface area contributed by atoms with E-state index in [0.29, 0.717) is 11.4 Å². The third-order valence-corrected chi connectivity index (χ3v) is 5.92. The number of aliphatic hydroxyl groups excluding tert-OH is 1. The van der Waals surface area contributed by atoms with Crippen molar-refractivity contribution >= 4 is 17.4 Å². The van der Waals surface area contributed by atoms with Crippen molar-refractivity contribution in [3.05, 3.63) is 58.6 Å². The van der Waals surface area contributed by atoms with Gasteiger partial charge in [0.2, 0.25) is 0 Å². The molecule has 0 radical (unpaired) electrons. The Morgan fingerprint density at radius 1 is 1.16 bits per heavy atom. The molecular weight excluding hydrogens is 336 g/mol. The Morgan fingerprint density at radius 2 is 1.84 bits per heavy atom. The number of carbonyl (C=O) groups excluding carboxylic acids is 1. The average Bonchev–Trinajstić information content (AvgIpc) is 2.97. The lowest BCUT2D eigenvalue weighted by Gasteiger charge is -2.40. The van der Waals surface area contributed by atoms with Crippen LogP contribution in [0.4, 0.5) is 0 Å². The van der Waals surface area contributed by atoms with Crippen molar-refractivity contribution in [2.24, 2.45) is 0 Å². The second-order valence-corrected chi connectivity index (χ2v) is 7.80. The average molecular weight is 357 g/mol. The highest BCUT2D eigenvalue weighted by Crippen LogP contribution is 2.46. The molecular formula is C21H21ClO3. The Bertz CT molecular complexity index is 830. The summed E-state index contributed by atoms with van der Waals surface area (Å²) in [6.45, 7) is 3.90. The van der Waals surface area contributed by atoms with Crippen LogP contribution in [0.1, 0.15) is 36.8 Å². The van der Waals surface area contributed by atoms with Gasteiger partial charge in [-0.3, -0.25) is 4.79 Å². The van der Waals surface area contributed by atoms with Crippen LogP contribution in [-0.4, -0.2) is 28.7 Å². The highest BCUT2D eigenvalue weighted by atomic mass is 35.5. The first-order valence-corrected chi connectivity index (χ1v) is 9.03. The SMILES string of the molecule is Cc1ccc(-c2ccc(Cl)cc2)cc1C1C(=O)[C@H]2CC[C@@](C)(O2)C1O. The highest BCUT2D eigenvalue weighted by Gasteiger charge is 2.55. The number of Topliss-reactive ketones (excluding diaryl/α,β-unsaturated/α-hetero) is 1. The van der Waals surface area contributed by atoms with Crippen molar-refractivity contribution in [3.63, 3.8) is 0 Å². The van der Waals surface area contributed by atoms with Gasteiger partial charge in [0, 0.05) is 5.02 Å². The summed E-state index contributed by atoms with van der Waals surface area (Å²) in [6.07, 6.45) is 0.199. The first kappa shape index (κ1) is 16.8. The molecule has 4 atom stereocenters. The van der Waals surface area contributed by atoms with Gasteiger partial charge in [0.15, 0.2) is 5.78 Å². The standard InChI is InChI=1S/C21H21ClO3/c1-12-3-4-14(13-5-7-15(22)8-6-13)11-16(12)18-19(23)17-9-10-21(2,25-17)20(18)24/h3-8,11,17-18,20,24H,9-10H2,1-2H3/t17-,18?,20?,21-/m1/s1.